The molecule has 2 rings (SSSR count). The van der Waals surface area contributed by atoms with Crippen LogP contribution < -0.4 is 5.32 Å². The zero-order chi connectivity index (χ0) is 16.7. The summed E-state index contributed by atoms with van der Waals surface area (Å²) in [5.74, 6) is 0.920. The Kier molecular flexibility index (Phi) is 10.3. The molecule has 1 aliphatic rings. The molecule has 1 N–H and O–H groups in total. The summed E-state index contributed by atoms with van der Waals surface area (Å²) in [6.45, 7) is 2.55. The van der Waals surface area contributed by atoms with Crippen LogP contribution in [0.3, 0.4) is 0 Å². The number of aliphatic imine (C=N–C) groups is 1. The lowest BCUT2D eigenvalue weighted by Crippen LogP contribution is -2.39. The van der Waals surface area contributed by atoms with E-state index in [1.165, 1.54) is 31.4 Å². The normalized spacial score (nSPS) is 15.4. The van der Waals surface area contributed by atoms with Gasteiger partial charge in [0.05, 0.1) is 12.6 Å². The first-order valence-electron chi connectivity index (χ1n) is 8.44. The monoisotopic (exact) mass is 512 g/mol. The lowest BCUT2D eigenvalue weighted by Gasteiger charge is -2.22. The third kappa shape index (κ3) is 6.92. The first-order valence-corrected chi connectivity index (χ1v) is 9.23. The molecule has 0 spiro atoms. The second kappa shape index (κ2) is 11.4. The highest BCUT2D eigenvalue weighted by atomic mass is 127. The fourth-order valence-corrected chi connectivity index (χ4v) is 3.57. The number of guanidine groups is 1. The highest BCUT2D eigenvalue weighted by molar-refractivity contribution is 14.0. The van der Waals surface area contributed by atoms with E-state index in [0.717, 1.165) is 36.5 Å². The van der Waals surface area contributed by atoms with E-state index in [0.29, 0.717) is 6.10 Å². The van der Waals surface area contributed by atoms with Crippen molar-refractivity contribution in [2.45, 2.75) is 44.8 Å². The van der Waals surface area contributed by atoms with Crippen LogP contribution in [0.5, 0.6) is 0 Å². The number of halogens is 2. The molecule has 1 aliphatic carbocycles. The Balaban J connectivity index is 0.00000288. The molecule has 0 saturated heterocycles. The zero-order valence-corrected chi connectivity index (χ0v) is 18.8. The second-order valence-electron chi connectivity index (χ2n) is 6.22. The van der Waals surface area contributed by atoms with E-state index >= 15 is 0 Å². The molecule has 138 valence electrons. The fourth-order valence-electron chi connectivity index (χ4n) is 3.00. The minimum Gasteiger partial charge on any atom is -0.378 e. The number of nitrogens with one attached hydrogen (secondary N) is 1. The van der Waals surface area contributed by atoms with E-state index in [2.05, 4.69) is 62.1 Å². The van der Waals surface area contributed by atoms with E-state index in [4.69, 9.17) is 4.74 Å². The fraction of sp³-hybridized carbons (Fsp3) is 0.706. The Labute approximate surface area is 171 Å². The van der Waals surface area contributed by atoms with Gasteiger partial charge in [-0.25, -0.2) is 0 Å². The number of nitrogens with zero attached hydrogens (tertiary/aromatic N) is 3. The Hall–Kier alpha value is -0.280. The molecule has 1 aromatic rings. The summed E-state index contributed by atoms with van der Waals surface area (Å²) in [4.78, 5) is 6.50. The largest absolute Gasteiger partial charge is 0.378 e. The van der Waals surface area contributed by atoms with Gasteiger partial charge in [0.1, 0.15) is 0 Å². The predicted octanol–water partition coefficient (Wildman–Crippen LogP) is 3.76. The first kappa shape index (κ1) is 21.8. The molecule has 0 aliphatic heterocycles. The van der Waals surface area contributed by atoms with Gasteiger partial charge >= 0.3 is 0 Å². The number of ether oxygens (including phenoxy) is 1. The number of hydrogen-bond acceptors (Lipinski definition) is 2. The topological polar surface area (TPSA) is 41.8 Å². The lowest BCUT2D eigenvalue weighted by atomic mass is 10.3. The predicted molar refractivity (Wildman–Crippen MR) is 114 cm³/mol. The van der Waals surface area contributed by atoms with E-state index in [-0.39, 0.29) is 24.0 Å². The third-order valence-electron chi connectivity index (χ3n) is 4.31. The minimum atomic E-state index is 0. The maximum absolute atomic E-state index is 5.89. The molecule has 1 aromatic heterocycles. The molecule has 1 fully saturated rings. The zero-order valence-electron chi connectivity index (χ0n) is 14.9. The molecule has 24 heavy (non-hydrogen) atoms. The lowest BCUT2D eigenvalue weighted by molar-refractivity contribution is 0.0573. The van der Waals surface area contributed by atoms with Gasteiger partial charge in [0.2, 0.25) is 0 Å². The first-order chi connectivity index (χ1) is 11.1. The van der Waals surface area contributed by atoms with Crippen LogP contribution in [0.2, 0.25) is 0 Å². The molecule has 1 heterocycles. The van der Waals surface area contributed by atoms with Gasteiger partial charge in [-0.3, -0.25) is 4.99 Å². The summed E-state index contributed by atoms with van der Waals surface area (Å²) in [6, 6.07) is 2.14. The van der Waals surface area contributed by atoms with Crippen molar-refractivity contribution in [3.05, 3.63) is 22.4 Å². The van der Waals surface area contributed by atoms with Crippen molar-refractivity contribution in [2.24, 2.45) is 12.0 Å². The SMILES string of the molecule is CN=C(NCCCOC1CCCC1)N(C)Cc1cc(Br)cn1C.I. The molecule has 0 atom stereocenters. The summed E-state index contributed by atoms with van der Waals surface area (Å²) in [7, 11) is 5.95. The van der Waals surface area contributed by atoms with Crippen molar-refractivity contribution >= 4 is 45.9 Å². The molecule has 0 aromatic carbocycles. The van der Waals surface area contributed by atoms with Crippen LogP contribution in [0.15, 0.2) is 21.7 Å². The van der Waals surface area contributed by atoms with Gasteiger partial charge < -0.3 is 19.5 Å². The van der Waals surface area contributed by atoms with Crippen molar-refractivity contribution in [1.82, 2.24) is 14.8 Å². The quantitative estimate of drug-likeness (QED) is 0.262. The highest BCUT2D eigenvalue weighted by Gasteiger charge is 2.14. The van der Waals surface area contributed by atoms with E-state index in [1.807, 2.05) is 7.05 Å². The van der Waals surface area contributed by atoms with Gasteiger partial charge in [-0.15, -0.1) is 24.0 Å². The smallest absolute Gasteiger partial charge is 0.193 e. The molecule has 0 amide bonds. The van der Waals surface area contributed by atoms with Gasteiger partial charge in [0.25, 0.3) is 0 Å². The average molecular weight is 513 g/mol. The van der Waals surface area contributed by atoms with Gasteiger partial charge in [-0.2, -0.15) is 0 Å². The van der Waals surface area contributed by atoms with Crippen molar-refractivity contribution in [1.29, 1.82) is 0 Å². The maximum Gasteiger partial charge on any atom is 0.193 e. The molecular formula is C17H30BrIN4O. The molecule has 1 saturated carbocycles. The number of hydrogen-bond donors (Lipinski definition) is 1. The van der Waals surface area contributed by atoms with Gasteiger partial charge in [-0.05, 0) is 41.3 Å². The Morgan fingerprint density at radius 2 is 2.17 bits per heavy atom. The van der Waals surface area contributed by atoms with Crippen LogP contribution in [0.1, 0.15) is 37.8 Å². The molecule has 5 nitrogen and oxygen atoms in total. The minimum absolute atomic E-state index is 0. The summed E-state index contributed by atoms with van der Waals surface area (Å²) in [5, 5.41) is 3.42. The average Bonchev–Trinajstić information content (AvgIpc) is 3.13. The van der Waals surface area contributed by atoms with Crippen LogP contribution in [0.4, 0.5) is 0 Å². The van der Waals surface area contributed by atoms with E-state index in [9.17, 15) is 0 Å². The Morgan fingerprint density at radius 1 is 1.46 bits per heavy atom. The molecular weight excluding hydrogens is 483 g/mol. The van der Waals surface area contributed by atoms with Crippen LogP contribution in [0.25, 0.3) is 0 Å². The summed E-state index contributed by atoms with van der Waals surface area (Å²) in [6.07, 6.45) is 8.73. The van der Waals surface area contributed by atoms with Crippen LogP contribution in [0, 0.1) is 0 Å². The van der Waals surface area contributed by atoms with Crippen LogP contribution in [-0.4, -0.2) is 48.8 Å². The molecule has 0 bridgehead atoms. The standard InChI is InChI=1S/C17H29BrN4O.HI/c1-19-17(20-9-6-10-23-16-7-4-5-8-16)22(3)13-15-11-14(18)12-21(15)2;/h11-12,16H,4-10,13H2,1-3H3,(H,19,20);1H. The summed E-state index contributed by atoms with van der Waals surface area (Å²) < 4.78 is 9.13. The molecule has 0 unspecified atom stereocenters. The highest BCUT2D eigenvalue weighted by Crippen LogP contribution is 2.20. The van der Waals surface area contributed by atoms with Gasteiger partial charge in [-0.1, -0.05) is 12.8 Å². The number of aromatic nitrogens is 1. The van der Waals surface area contributed by atoms with Gasteiger partial charge in [0, 0.05) is 50.7 Å². The van der Waals surface area contributed by atoms with E-state index < -0.39 is 0 Å². The maximum atomic E-state index is 5.89. The number of aryl methyl sites for hydroxylation is 1. The van der Waals surface area contributed by atoms with E-state index in [1.54, 1.807) is 0 Å². The van der Waals surface area contributed by atoms with Crippen molar-refractivity contribution < 1.29 is 4.74 Å². The van der Waals surface area contributed by atoms with Crippen LogP contribution in [-0.2, 0) is 18.3 Å². The van der Waals surface area contributed by atoms with Crippen molar-refractivity contribution in [2.75, 3.05) is 27.2 Å². The molecule has 7 heteroatoms. The number of rotatable bonds is 7. The van der Waals surface area contributed by atoms with Gasteiger partial charge in [0.15, 0.2) is 5.96 Å². The second-order valence-corrected chi connectivity index (χ2v) is 7.14. The van der Waals surface area contributed by atoms with Crippen molar-refractivity contribution in [3.63, 3.8) is 0 Å². The summed E-state index contributed by atoms with van der Waals surface area (Å²) in [5.41, 5.74) is 1.24. The summed E-state index contributed by atoms with van der Waals surface area (Å²) >= 11 is 3.51. The Bertz CT molecular complexity index is 515. The molecule has 0 radical (unpaired) electrons. The third-order valence-corrected chi connectivity index (χ3v) is 4.74. The van der Waals surface area contributed by atoms with Crippen molar-refractivity contribution in [3.8, 4) is 0 Å². The Morgan fingerprint density at radius 3 is 2.75 bits per heavy atom. The van der Waals surface area contributed by atoms with Crippen LogP contribution >= 0.6 is 39.9 Å².